The molecule has 0 unspecified atom stereocenters. The molecule has 0 N–H and O–H groups in total. The van der Waals surface area contributed by atoms with Crippen molar-refractivity contribution >= 4 is 11.8 Å². The topological polar surface area (TPSA) is 50.1 Å². The van der Waals surface area contributed by atoms with Crippen LogP contribution in [-0.4, -0.2) is 46.7 Å². The van der Waals surface area contributed by atoms with E-state index < -0.39 is 0 Å². The third kappa shape index (κ3) is 2.84. The van der Waals surface area contributed by atoms with Gasteiger partial charge >= 0.3 is 0 Å². The van der Waals surface area contributed by atoms with Crippen molar-refractivity contribution in [1.82, 2.24) is 19.5 Å². The Bertz CT molecular complexity index is 600. The Kier molecular flexibility index (Phi) is 3.77. The first-order valence-corrected chi connectivity index (χ1v) is 7.42. The average Bonchev–Trinajstić information content (AvgIpc) is 2.89. The molecule has 0 radical (unpaired) electrons. The summed E-state index contributed by atoms with van der Waals surface area (Å²) in [7, 11) is 3.99. The lowest BCUT2D eigenvalue weighted by molar-refractivity contribution is 0.348. The van der Waals surface area contributed by atoms with E-state index in [1.54, 1.807) is 0 Å². The van der Waals surface area contributed by atoms with E-state index in [2.05, 4.69) is 37.5 Å². The molecule has 0 spiro atoms. The summed E-state index contributed by atoms with van der Waals surface area (Å²) in [4.78, 5) is 17.6. The Morgan fingerprint density at radius 1 is 1.24 bits per heavy atom. The Balaban J connectivity index is 1.59. The van der Waals surface area contributed by atoms with Gasteiger partial charge in [-0.1, -0.05) is 6.92 Å². The highest BCUT2D eigenvalue weighted by Crippen LogP contribution is 2.24. The molecule has 3 heterocycles. The zero-order valence-corrected chi connectivity index (χ0v) is 12.9. The summed E-state index contributed by atoms with van der Waals surface area (Å²) < 4.78 is 2.26. The molecular weight excluding hydrogens is 264 g/mol. The van der Waals surface area contributed by atoms with Crippen LogP contribution in [0.5, 0.6) is 0 Å². The third-order valence-corrected chi connectivity index (χ3v) is 3.90. The third-order valence-electron chi connectivity index (χ3n) is 3.90. The molecule has 112 valence electrons. The lowest BCUT2D eigenvalue weighted by Crippen LogP contribution is -2.49. The number of aryl methyl sites for hydroxylation is 1. The highest BCUT2D eigenvalue weighted by atomic mass is 15.3. The van der Waals surface area contributed by atoms with Crippen LogP contribution in [0.15, 0.2) is 24.7 Å². The molecule has 1 aliphatic heterocycles. The molecule has 2 aromatic rings. The molecule has 6 nitrogen and oxygen atoms in total. The van der Waals surface area contributed by atoms with Crippen molar-refractivity contribution in [2.45, 2.75) is 19.9 Å². The van der Waals surface area contributed by atoms with Crippen LogP contribution < -0.4 is 9.80 Å². The molecule has 1 fully saturated rings. The van der Waals surface area contributed by atoms with Gasteiger partial charge in [0.1, 0.15) is 11.6 Å². The molecule has 1 aliphatic rings. The molecule has 0 aromatic carbocycles. The molecule has 0 atom stereocenters. The fourth-order valence-electron chi connectivity index (χ4n) is 2.69. The summed E-state index contributed by atoms with van der Waals surface area (Å²) in [6.07, 6.45) is 6.77. The molecule has 0 amide bonds. The maximum Gasteiger partial charge on any atom is 0.227 e. The number of imidazole rings is 1. The molecule has 0 saturated carbocycles. The predicted molar refractivity (Wildman–Crippen MR) is 83.7 cm³/mol. The molecule has 6 heteroatoms. The Morgan fingerprint density at radius 2 is 2.05 bits per heavy atom. The average molecular weight is 286 g/mol. The van der Waals surface area contributed by atoms with E-state index in [-0.39, 0.29) is 0 Å². The van der Waals surface area contributed by atoms with Crippen LogP contribution in [0, 0.1) is 5.92 Å². The van der Waals surface area contributed by atoms with Crippen LogP contribution in [0.4, 0.5) is 11.8 Å². The minimum Gasteiger partial charge on any atom is -0.363 e. The van der Waals surface area contributed by atoms with Crippen molar-refractivity contribution in [3.05, 3.63) is 30.5 Å². The number of anilines is 2. The number of hydrogen-bond donors (Lipinski definition) is 0. The first kappa shape index (κ1) is 13.9. The smallest absolute Gasteiger partial charge is 0.227 e. The summed E-state index contributed by atoms with van der Waals surface area (Å²) in [5.41, 5.74) is 0. The van der Waals surface area contributed by atoms with Crippen molar-refractivity contribution in [3.63, 3.8) is 0 Å². The van der Waals surface area contributed by atoms with Gasteiger partial charge in [0.05, 0.1) is 0 Å². The van der Waals surface area contributed by atoms with Crippen LogP contribution in [0.25, 0.3) is 0 Å². The first-order valence-electron chi connectivity index (χ1n) is 7.42. The molecule has 0 bridgehead atoms. The molecule has 1 saturated heterocycles. The second kappa shape index (κ2) is 5.71. The van der Waals surface area contributed by atoms with Gasteiger partial charge in [0.25, 0.3) is 0 Å². The van der Waals surface area contributed by atoms with Crippen molar-refractivity contribution in [1.29, 1.82) is 0 Å². The lowest BCUT2D eigenvalue weighted by atomic mass is 10.0. The highest BCUT2D eigenvalue weighted by molar-refractivity contribution is 5.43. The van der Waals surface area contributed by atoms with Crippen molar-refractivity contribution in [3.8, 4) is 0 Å². The largest absolute Gasteiger partial charge is 0.363 e. The SMILES string of the molecule is CCc1nccn1CC1CN(c2nccc(N(C)C)n2)C1. The quantitative estimate of drug-likeness (QED) is 0.832. The fourth-order valence-corrected chi connectivity index (χ4v) is 2.69. The van der Waals surface area contributed by atoms with Gasteiger partial charge < -0.3 is 14.4 Å². The Labute approximate surface area is 125 Å². The van der Waals surface area contributed by atoms with Crippen LogP contribution in [-0.2, 0) is 13.0 Å². The number of rotatable bonds is 5. The zero-order chi connectivity index (χ0) is 14.8. The Hall–Kier alpha value is -2.11. The van der Waals surface area contributed by atoms with Gasteiger partial charge in [-0.25, -0.2) is 9.97 Å². The molecular formula is C15H22N6. The van der Waals surface area contributed by atoms with Gasteiger partial charge in [0.15, 0.2) is 0 Å². The molecule has 3 rings (SSSR count). The summed E-state index contributed by atoms with van der Waals surface area (Å²) in [5.74, 6) is 3.60. The van der Waals surface area contributed by atoms with Crippen molar-refractivity contribution in [2.75, 3.05) is 37.0 Å². The maximum absolute atomic E-state index is 4.58. The van der Waals surface area contributed by atoms with Crippen molar-refractivity contribution in [2.24, 2.45) is 5.92 Å². The van der Waals surface area contributed by atoms with Gasteiger partial charge in [-0.2, -0.15) is 4.98 Å². The van der Waals surface area contributed by atoms with Gasteiger partial charge in [-0.05, 0) is 6.07 Å². The van der Waals surface area contributed by atoms with E-state index in [0.717, 1.165) is 37.8 Å². The summed E-state index contributed by atoms with van der Waals surface area (Å²) >= 11 is 0. The van der Waals surface area contributed by atoms with E-state index >= 15 is 0 Å². The molecule has 0 aliphatic carbocycles. The monoisotopic (exact) mass is 286 g/mol. The maximum atomic E-state index is 4.58. The highest BCUT2D eigenvalue weighted by Gasteiger charge is 2.29. The fraction of sp³-hybridized carbons (Fsp3) is 0.533. The lowest BCUT2D eigenvalue weighted by Gasteiger charge is -2.39. The van der Waals surface area contributed by atoms with Gasteiger partial charge in [-0.3, -0.25) is 0 Å². The number of nitrogens with zero attached hydrogens (tertiary/aromatic N) is 6. The zero-order valence-electron chi connectivity index (χ0n) is 12.9. The summed E-state index contributed by atoms with van der Waals surface area (Å²) in [6.45, 7) is 5.20. The van der Waals surface area contributed by atoms with Gasteiger partial charge in [0, 0.05) is 64.7 Å². The minimum absolute atomic E-state index is 0.649. The van der Waals surface area contributed by atoms with Crippen LogP contribution in [0.2, 0.25) is 0 Å². The van der Waals surface area contributed by atoms with Crippen LogP contribution >= 0.6 is 0 Å². The van der Waals surface area contributed by atoms with E-state index in [1.807, 2.05) is 37.5 Å². The number of aromatic nitrogens is 4. The van der Waals surface area contributed by atoms with Crippen molar-refractivity contribution < 1.29 is 0 Å². The van der Waals surface area contributed by atoms with E-state index in [9.17, 15) is 0 Å². The van der Waals surface area contributed by atoms with Crippen LogP contribution in [0.1, 0.15) is 12.7 Å². The van der Waals surface area contributed by atoms with E-state index in [4.69, 9.17) is 0 Å². The van der Waals surface area contributed by atoms with E-state index in [0.29, 0.717) is 5.92 Å². The minimum atomic E-state index is 0.649. The normalized spacial score (nSPS) is 15.1. The molecule has 2 aromatic heterocycles. The van der Waals surface area contributed by atoms with Gasteiger partial charge in [-0.15, -0.1) is 0 Å². The first-order chi connectivity index (χ1) is 10.2. The Morgan fingerprint density at radius 3 is 2.76 bits per heavy atom. The molecule has 21 heavy (non-hydrogen) atoms. The predicted octanol–water partition coefficient (Wildman–Crippen LogP) is 1.44. The second-order valence-electron chi connectivity index (χ2n) is 5.73. The second-order valence-corrected chi connectivity index (χ2v) is 5.73. The van der Waals surface area contributed by atoms with Crippen LogP contribution in [0.3, 0.4) is 0 Å². The number of hydrogen-bond acceptors (Lipinski definition) is 5. The summed E-state index contributed by atoms with van der Waals surface area (Å²) in [6, 6.07) is 1.93. The standard InChI is InChI=1S/C15H22N6/c1-4-13-16-7-8-20(13)9-12-10-21(11-12)15-17-6-5-14(18-15)19(2)3/h5-8,12H,4,9-11H2,1-3H3. The summed E-state index contributed by atoms with van der Waals surface area (Å²) in [5, 5.41) is 0. The van der Waals surface area contributed by atoms with Gasteiger partial charge in [0.2, 0.25) is 5.95 Å². The van der Waals surface area contributed by atoms with E-state index in [1.165, 1.54) is 5.82 Å².